The maximum Gasteiger partial charge on any atom is 0.291 e. The maximum absolute atomic E-state index is 13.8. The number of carbonyl (C=O) groups is 1. The number of hydrogen-bond donors (Lipinski definition) is 1. The number of nitrogens with zero attached hydrogens (tertiary/aromatic N) is 1. The van der Waals surface area contributed by atoms with Crippen molar-refractivity contribution in [1.29, 1.82) is 0 Å². The van der Waals surface area contributed by atoms with Gasteiger partial charge < -0.3 is 19.2 Å². The van der Waals surface area contributed by atoms with E-state index in [4.69, 9.17) is 9.15 Å². The smallest absolute Gasteiger partial charge is 0.291 e. The van der Waals surface area contributed by atoms with Crippen molar-refractivity contribution in [1.82, 2.24) is 4.90 Å². The van der Waals surface area contributed by atoms with Crippen molar-refractivity contribution in [2.45, 2.75) is 33.4 Å². The number of rotatable bonds is 4. The number of carbonyl (C=O) groups excluding carboxylic acids is 1. The van der Waals surface area contributed by atoms with Crippen LogP contribution in [0, 0.1) is 20.8 Å². The summed E-state index contributed by atoms with van der Waals surface area (Å²) in [5.74, 6) is -0.0246. The van der Waals surface area contributed by atoms with Crippen molar-refractivity contribution in [2.24, 2.45) is 0 Å². The third-order valence-electron chi connectivity index (χ3n) is 6.39. The summed E-state index contributed by atoms with van der Waals surface area (Å²) in [6, 6.07) is 15.9. The first-order chi connectivity index (χ1) is 16.3. The van der Waals surface area contributed by atoms with Gasteiger partial charge in [0, 0.05) is 6.54 Å². The van der Waals surface area contributed by atoms with Crippen molar-refractivity contribution in [3.8, 4) is 11.5 Å². The van der Waals surface area contributed by atoms with E-state index in [1.165, 1.54) is 13.2 Å². The van der Waals surface area contributed by atoms with E-state index in [1.54, 1.807) is 23.1 Å². The van der Waals surface area contributed by atoms with Crippen LogP contribution in [0.3, 0.4) is 0 Å². The minimum atomic E-state index is -0.681. The van der Waals surface area contributed by atoms with Crippen LogP contribution in [0.5, 0.6) is 11.5 Å². The summed E-state index contributed by atoms with van der Waals surface area (Å²) in [6.45, 7) is 6.10. The molecule has 1 unspecified atom stereocenters. The van der Waals surface area contributed by atoms with Crippen molar-refractivity contribution in [2.75, 3.05) is 7.11 Å². The Balaban J connectivity index is 1.76. The van der Waals surface area contributed by atoms with Crippen LogP contribution in [0.2, 0.25) is 0 Å². The van der Waals surface area contributed by atoms with Gasteiger partial charge in [-0.3, -0.25) is 9.59 Å². The molecule has 1 aliphatic rings. The van der Waals surface area contributed by atoms with Crippen molar-refractivity contribution in [3.63, 3.8) is 0 Å². The molecular formula is C28H25NO5. The molecule has 0 aliphatic carbocycles. The molecule has 1 aliphatic heterocycles. The number of fused-ring (bicyclic) bond motifs is 2. The fraction of sp³-hybridized carbons (Fsp3) is 0.214. The molecule has 6 heteroatoms. The Morgan fingerprint density at radius 1 is 0.971 bits per heavy atom. The van der Waals surface area contributed by atoms with Crippen molar-refractivity contribution < 1.29 is 19.1 Å². The van der Waals surface area contributed by atoms with Gasteiger partial charge in [0.15, 0.2) is 16.9 Å². The van der Waals surface area contributed by atoms with E-state index in [2.05, 4.69) is 0 Å². The number of benzene rings is 3. The van der Waals surface area contributed by atoms with Gasteiger partial charge in [0.05, 0.1) is 24.1 Å². The molecule has 1 N–H and O–H groups in total. The predicted octanol–water partition coefficient (Wildman–Crippen LogP) is 5.18. The minimum absolute atomic E-state index is 0.0160. The number of aromatic hydroxyl groups is 1. The maximum atomic E-state index is 13.8. The lowest BCUT2D eigenvalue weighted by Gasteiger charge is -2.25. The van der Waals surface area contributed by atoms with Crippen LogP contribution in [0.15, 0.2) is 63.8 Å². The van der Waals surface area contributed by atoms with Gasteiger partial charge in [0.2, 0.25) is 5.76 Å². The highest BCUT2D eigenvalue weighted by Gasteiger charge is 2.43. The largest absolute Gasteiger partial charge is 0.504 e. The molecule has 0 fully saturated rings. The van der Waals surface area contributed by atoms with Crippen LogP contribution in [0.25, 0.3) is 11.0 Å². The summed E-state index contributed by atoms with van der Waals surface area (Å²) in [5, 5.41) is 10.6. The summed E-state index contributed by atoms with van der Waals surface area (Å²) in [7, 11) is 1.46. The number of phenolic OH excluding ortho intramolecular Hbond substituents is 1. The second-order valence-electron chi connectivity index (χ2n) is 8.88. The lowest BCUT2D eigenvalue weighted by molar-refractivity contribution is 0.0714. The van der Waals surface area contributed by atoms with E-state index in [0.717, 1.165) is 22.3 Å². The van der Waals surface area contributed by atoms with Crippen molar-refractivity contribution >= 4 is 16.9 Å². The van der Waals surface area contributed by atoms with Gasteiger partial charge in [-0.25, -0.2) is 0 Å². The molecule has 2 heterocycles. The van der Waals surface area contributed by atoms with Crippen LogP contribution in [0.1, 0.15) is 50.0 Å². The van der Waals surface area contributed by atoms with E-state index in [-0.39, 0.29) is 28.6 Å². The third-order valence-corrected chi connectivity index (χ3v) is 6.39. The Morgan fingerprint density at radius 2 is 1.71 bits per heavy atom. The normalized spacial score (nSPS) is 15.1. The first-order valence-electron chi connectivity index (χ1n) is 11.1. The Kier molecular flexibility index (Phi) is 5.16. The monoisotopic (exact) mass is 455 g/mol. The van der Waals surface area contributed by atoms with Crippen LogP contribution in [-0.2, 0) is 6.54 Å². The molecular weight excluding hydrogens is 430 g/mol. The van der Waals surface area contributed by atoms with Crippen LogP contribution in [-0.4, -0.2) is 23.0 Å². The van der Waals surface area contributed by atoms with Gasteiger partial charge in [-0.2, -0.15) is 0 Å². The Bertz CT molecular complexity index is 1500. The zero-order chi connectivity index (χ0) is 24.1. The second-order valence-corrected chi connectivity index (χ2v) is 8.88. The third kappa shape index (κ3) is 3.43. The number of hydrogen-bond acceptors (Lipinski definition) is 5. The molecule has 0 saturated heterocycles. The van der Waals surface area contributed by atoms with Crippen LogP contribution < -0.4 is 10.2 Å². The van der Waals surface area contributed by atoms with Gasteiger partial charge in [-0.05, 0) is 61.2 Å². The molecule has 34 heavy (non-hydrogen) atoms. The quantitative estimate of drug-likeness (QED) is 0.459. The summed E-state index contributed by atoms with van der Waals surface area (Å²) in [6.07, 6.45) is 0. The zero-order valence-corrected chi connectivity index (χ0v) is 19.5. The highest BCUT2D eigenvalue weighted by atomic mass is 16.5. The molecule has 4 aromatic rings. The fourth-order valence-electron chi connectivity index (χ4n) is 4.74. The first-order valence-corrected chi connectivity index (χ1v) is 11.1. The predicted molar refractivity (Wildman–Crippen MR) is 130 cm³/mol. The van der Waals surface area contributed by atoms with E-state index >= 15 is 0 Å². The lowest BCUT2D eigenvalue weighted by atomic mass is 9.96. The average Bonchev–Trinajstić information content (AvgIpc) is 3.08. The highest BCUT2D eigenvalue weighted by Crippen LogP contribution is 2.41. The molecule has 3 aromatic carbocycles. The Labute approximate surface area is 197 Å². The topological polar surface area (TPSA) is 80.0 Å². The van der Waals surface area contributed by atoms with Gasteiger partial charge >= 0.3 is 0 Å². The molecule has 5 rings (SSSR count). The lowest BCUT2D eigenvalue weighted by Crippen LogP contribution is -2.29. The molecule has 0 saturated carbocycles. The van der Waals surface area contributed by atoms with Gasteiger partial charge in [0.1, 0.15) is 5.58 Å². The summed E-state index contributed by atoms with van der Waals surface area (Å²) in [5.41, 5.74) is 4.98. The number of methoxy groups -OCH3 is 1. The number of ether oxygens (including phenoxy) is 1. The molecule has 172 valence electrons. The highest BCUT2D eigenvalue weighted by molar-refractivity contribution is 5.99. The fourth-order valence-corrected chi connectivity index (χ4v) is 4.74. The molecule has 1 aromatic heterocycles. The van der Waals surface area contributed by atoms with Gasteiger partial charge in [-0.15, -0.1) is 0 Å². The van der Waals surface area contributed by atoms with Gasteiger partial charge in [0.25, 0.3) is 5.91 Å². The minimum Gasteiger partial charge on any atom is -0.504 e. The molecule has 1 atom stereocenters. The first kappa shape index (κ1) is 21.8. The summed E-state index contributed by atoms with van der Waals surface area (Å²) >= 11 is 0. The molecule has 0 spiro atoms. The van der Waals surface area contributed by atoms with E-state index in [0.29, 0.717) is 28.6 Å². The molecule has 6 nitrogen and oxygen atoms in total. The molecule has 0 bridgehead atoms. The SMILES string of the molecule is COc1cc(C2c3c(oc4c(C)cc(C)cc4c3=O)C(=O)N2Cc2ccc(C)cc2)ccc1O. The molecule has 0 radical (unpaired) electrons. The average molecular weight is 456 g/mol. The summed E-state index contributed by atoms with van der Waals surface area (Å²) in [4.78, 5) is 29.1. The van der Waals surface area contributed by atoms with E-state index in [9.17, 15) is 14.7 Å². The second kappa shape index (κ2) is 8.06. The summed E-state index contributed by atoms with van der Waals surface area (Å²) < 4.78 is 11.4. The number of phenols is 1. The van der Waals surface area contributed by atoms with Gasteiger partial charge in [-0.1, -0.05) is 42.0 Å². The van der Waals surface area contributed by atoms with Crippen molar-refractivity contribution in [3.05, 3.63) is 104 Å². The Morgan fingerprint density at radius 3 is 2.41 bits per heavy atom. The van der Waals surface area contributed by atoms with Crippen LogP contribution >= 0.6 is 0 Å². The van der Waals surface area contributed by atoms with E-state index in [1.807, 2.05) is 51.1 Å². The zero-order valence-electron chi connectivity index (χ0n) is 19.5. The molecule has 1 amide bonds. The standard InChI is InChI=1S/C28H25NO5/c1-15-5-7-18(8-6-15)14-29-24(19-9-10-21(30)22(13-19)33-4)23-25(31)20-12-16(2)11-17(3)26(20)34-27(23)28(29)32/h5-13,24,30H,14H2,1-4H3. The number of aryl methyl sites for hydroxylation is 3. The Hall–Kier alpha value is -4.06. The van der Waals surface area contributed by atoms with Crippen LogP contribution in [0.4, 0.5) is 0 Å². The van der Waals surface area contributed by atoms with E-state index < -0.39 is 6.04 Å². The number of amides is 1.